The number of rotatable bonds is 4. The predicted molar refractivity (Wildman–Crippen MR) is 68.7 cm³/mol. The quantitative estimate of drug-likeness (QED) is 0.612. The van der Waals surface area contributed by atoms with Crippen molar-refractivity contribution in [1.29, 1.82) is 5.26 Å². The monoisotopic (exact) mass is 261 g/mol. The number of methoxy groups -OCH3 is 1. The highest BCUT2D eigenvalue weighted by Gasteiger charge is 2.25. The summed E-state index contributed by atoms with van der Waals surface area (Å²) in [5.41, 5.74) is 0.794. The highest BCUT2D eigenvalue weighted by atomic mass is 16.6. The average molecular weight is 261 g/mol. The highest BCUT2D eigenvalue weighted by Crippen LogP contribution is 2.28. The minimum absolute atomic E-state index is 0.0449. The molecule has 6 heteroatoms. The van der Waals surface area contributed by atoms with Gasteiger partial charge in [0.1, 0.15) is 5.75 Å². The number of nitrogens with zero attached hydrogens (tertiary/aromatic N) is 3. The van der Waals surface area contributed by atoms with Gasteiger partial charge in [0, 0.05) is 24.2 Å². The van der Waals surface area contributed by atoms with Gasteiger partial charge in [-0.05, 0) is 25.5 Å². The van der Waals surface area contributed by atoms with Crippen LogP contribution in [0.2, 0.25) is 0 Å². The molecule has 1 aromatic rings. The third-order valence-corrected chi connectivity index (χ3v) is 3.36. The summed E-state index contributed by atoms with van der Waals surface area (Å²) in [6, 6.07) is 6.70. The van der Waals surface area contributed by atoms with E-state index in [0.717, 1.165) is 24.9 Å². The number of non-ortho nitro benzene ring substituents is 1. The number of hydrogen-bond donors (Lipinski definition) is 0. The van der Waals surface area contributed by atoms with E-state index in [2.05, 4.69) is 6.07 Å². The predicted octanol–water partition coefficient (Wildman–Crippen LogP) is 2.09. The van der Waals surface area contributed by atoms with Gasteiger partial charge in [-0.1, -0.05) is 0 Å². The van der Waals surface area contributed by atoms with E-state index in [-0.39, 0.29) is 11.7 Å². The fraction of sp³-hybridized carbons (Fsp3) is 0.462. The van der Waals surface area contributed by atoms with Crippen LogP contribution in [0.5, 0.6) is 5.75 Å². The van der Waals surface area contributed by atoms with Crippen LogP contribution >= 0.6 is 0 Å². The first-order valence-electron chi connectivity index (χ1n) is 6.10. The summed E-state index contributed by atoms with van der Waals surface area (Å²) in [7, 11) is 1.54. The van der Waals surface area contributed by atoms with Gasteiger partial charge in [-0.15, -0.1) is 0 Å². The Kier molecular flexibility index (Phi) is 3.97. The van der Waals surface area contributed by atoms with Gasteiger partial charge < -0.3 is 4.74 Å². The molecule has 0 aromatic heterocycles. The second kappa shape index (κ2) is 5.67. The number of likely N-dealkylation sites (tertiary alicyclic amines) is 1. The van der Waals surface area contributed by atoms with Crippen molar-refractivity contribution >= 4 is 5.69 Å². The smallest absolute Gasteiger partial charge is 0.270 e. The molecule has 1 saturated heterocycles. The average Bonchev–Trinajstić information content (AvgIpc) is 2.85. The molecule has 1 heterocycles. The van der Waals surface area contributed by atoms with E-state index in [4.69, 9.17) is 10.00 Å². The van der Waals surface area contributed by atoms with Gasteiger partial charge in [-0.25, -0.2) is 0 Å². The lowest BCUT2D eigenvalue weighted by Gasteiger charge is -2.20. The summed E-state index contributed by atoms with van der Waals surface area (Å²) in [6.45, 7) is 1.34. The largest absolute Gasteiger partial charge is 0.496 e. The van der Waals surface area contributed by atoms with Crippen LogP contribution in [-0.4, -0.2) is 29.5 Å². The Morgan fingerprint density at radius 2 is 2.42 bits per heavy atom. The summed E-state index contributed by atoms with van der Waals surface area (Å²) >= 11 is 0. The summed E-state index contributed by atoms with van der Waals surface area (Å²) in [5.74, 6) is 0.620. The van der Waals surface area contributed by atoms with Crippen molar-refractivity contribution in [2.75, 3.05) is 13.7 Å². The number of nitriles is 1. The molecule has 0 radical (unpaired) electrons. The molecular weight excluding hydrogens is 246 g/mol. The zero-order chi connectivity index (χ0) is 13.8. The van der Waals surface area contributed by atoms with E-state index in [1.54, 1.807) is 6.07 Å². The number of nitro benzene ring substituents is 1. The SMILES string of the molecule is COc1ccc([N+](=O)[O-])cc1CN1CCCC1C#N. The van der Waals surface area contributed by atoms with Crippen LogP contribution in [0.15, 0.2) is 18.2 Å². The topological polar surface area (TPSA) is 79.4 Å². The molecule has 0 spiro atoms. The normalized spacial score (nSPS) is 19.1. The number of benzene rings is 1. The Morgan fingerprint density at radius 3 is 3.05 bits per heavy atom. The molecule has 1 aliphatic heterocycles. The molecule has 2 rings (SSSR count). The fourth-order valence-corrected chi connectivity index (χ4v) is 2.38. The third kappa shape index (κ3) is 2.83. The molecule has 1 atom stereocenters. The number of hydrogen-bond acceptors (Lipinski definition) is 5. The Hall–Kier alpha value is -2.13. The van der Waals surface area contributed by atoms with Gasteiger partial charge in [0.05, 0.1) is 24.1 Å². The number of nitro groups is 1. The Balaban J connectivity index is 2.25. The molecule has 0 N–H and O–H groups in total. The molecule has 0 aliphatic carbocycles. The molecule has 19 heavy (non-hydrogen) atoms. The lowest BCUT2D eigenvalue weighted by molar-refractivity contribution is -0.385. The van der Waals surface area contributed by atoms with Gasteiger partial charge in [-0.3, -0.25) is 15.0 Å². The molecule has 0 saturated carbocycles. The second-order valence-electron chi connectivity index (χ2n) is 4.51. The molecule has 1 fully saturated rings. The number of ether oxygens (including phenoxy) is 1. The minimum atomic E-state index is -0.422. The van der Waals surface area contributed by atoms with E-state index in [0.29, 0.717) is 12.3 Å². The van der Waals surface area contributed by atoms with E-state index in [1.165, 1.54) is 19.2 Å². The molecule has 0 amide bonds. The lowest BCUT2D eigenvalue weighted by atomic mass is 10.1. The zero-order valence-electron chi connectivity index (χ0n) is 10.7. The van der Waals surface area contributed by atoms with Crippen molar-refractivity contribution in [3.8, 4) is 11.8 Å². The van der Waals surface area contributed by atoms with Crippen LogP contribution in [0.3, 0.4) is 0 Å². The first-order valence-corrected chi connectivity index (χ1v) is 6.10. The maximum Gasteiger partial charge on any atom is 0.270 e. The van der Waals surface area contributed by atoms with E-state index in [1.807, 2.05) is 4.90 Å². The van der Waals surface area contributed by atoms with Crippen molar-refractivity contribution in [2.45, 2.75) is 25.4 Å². The highest BCUT2D eigenvalue weighted by molar-refractivity contribution is 5.43. The zero-order valence-corrected chi connectivity index (χ0v) is 10.7. The molecule has 0 bridgehead atoms. The third-order valence-electron chi connectivity index (χ3n) is 3.36. The van der Waals surface area contributed by atoms with Crippen LogP contribution in [-0.2, 0) is 6.54 Å². The standard InChI is InChI=1S/C13H15N3O3/c1-19-13-5-4-11(16(17)18)7-10(13)9-15-6-2-3-12(15)8-14/h4-5,7,12H,2-3,6,9H2,1H3. The Bertz CT molecular complexity index is 524. The Labute approximate surface area is 111 Å². The van der Waals surface area contributed by atoms with Crippen molar-refractivity contribution in [3.63, 3.8) is 0 Å². The molecular formula is C13H15N3O3. The van der Waals surface area contributed by atoms with E-state index in [9.17, 15) is 10.1 Å². The van der Waals surface area contributed by atoms with Crippen molar-refractivity contribution in [3.05, 3.63) is 33.9 Å². The molecule has 1 aliphatic rings. The lowest BCUT2D eigenvalue weighted by Crippen LogP contribution is -2.27. The molecule has 1 aromatic carbocycles. The van der Waals surface area contributed by atoms with Crippen LogP contribution in [0.1, 0.15) is 18.4 Å². The van der Waals surface area contributed by atoms with E-state index >= 15 is 0 Å². The second-order valence-corrected chi connectivity index (χ2v) is 4.51. The van der Waals surface area contributed by atoms with Crippen molar-refractivity contribution in [1.82, 2.24) is 4.90 Å². The summed E-state index contributed by atoms with van der Waals surface area (Å²) in [5, 5.41) is 19.9. The molecule has 1 unspecified atom stereocenters. The summed E-state index contributed by atoms with van der Waals surface area (Å²) < 4.78 is 5.23. The molecule has 100 valence electrons. The maximum atomic E-state index is 10.8. The van der Waals surface area contributed by atoms with E-state index < -0.39 is 4.92 Å². The first-order chi connectivity index (χ1) is 9.15. The van der Waals surface area contributed by atoms with Gasteiger partial charge in [-0.2, -0.15) is 5.26 Å². The maximum absolute atomic E-state index is 10.8. The van der Waals surface area contributed by atoms with Crippen molar-refractivity contribution in [2.24, 2.45) is 0 Å². The fourth-order valence-electron chi connectivity index (χ4n) is 2.38. The molecule has 6 nitrogen and oxygen atoms in total. The summed E-state index contributed by atoms with van der Waals surface area (Å²) in [6.07, 6.45) is 1.84. The van der Waals surface area contributed by atoms with Gasteiger partial charge in [0.15, 0.2) is 0 Å². The van der Waals surface area contributed by atoms with Crippen LogP contribution in [0, 0.1) is 21.4 Å². The minimum Gasteiger partial charge on any atom is -0.496 e. The van der Waals surface area contributed by atoms with Crippen LogP contribution in [0.25, 0.3) is 0 Å². The van der Waals surface area contributed by atoms with Crippen LogP contribution < -0.4 is 4.74 Å². The first kappa shape index (κ1) is 13.3. The van der Waals surface area contributed by atoms with Crippen molar-refractivity contribution < 1.29 is 9.66 Å². The van der Waals surface area contributed by atoms with Gasteiger partial charge >= 0.3 is 0 Å². The van der Waals surface area contributed by atoms with Gasteiger partial charge in [0.2, 0.25) is 0 Å². The Morgan fingerprint density at radius 1 is 1.63 bits per heavy atom. The summed E-state index contributed by atoms with van der Waals surface area (Å²) in [4.78, 5) is 12.4. The van der Waals surface area contributed by atoms with Crippen LogP contribution in [0.4, 0.5) is 5.69 Å². The van der Waals surface area contributed by atoms with Gasteiger partial charge in [0.25, 0.3) is 5.69 Å².